The van der Waals surface area contributed by atoms with Gasteiger partial charge in [0.15, 0.2) is 46.0 Å². The highest BCUT2D eigenvalue weighted by atomic mass is 16.5. The first-order valence-electron chi connectivity index (χ1n) is 15.5. The summed E-state index contributed by atoms with van der Waals surface area (Å²) in [5, 5.41) is 0. The van der Waals surface area contributed by atoms with Crippen molar-refractivity contribution in [3.05, 3.63) is 95.1 Å². The maximum atomic E-state index is 12.9. The molecule has 0 atom stereocenters. The van der Waals surface area contributed by atoms with Crippen molar-refractivity contribution in [3.63, 3.8) is 0 Å². The Hall–Kier alpha value is -4.98. The Morgan fingerprint density at radius 2 is 0.717 bits per heavy atom. The number of Topliss-reactive ketones (excluding diaryl/α,β-unsaturated/α-hetero) is 2. The van der Waals surface area contributed by atoms with Crippen LogP contribution in [0.1, 0.15) is 47.9 Å². The molecule has 4 aliphatic heterocycles. The van der Waals surface area contributed by atoms with Gasteiger partial charge in [-0.2, -0.15) is 0 Å². The van der Waals surface area contributed by atoms with E-state index in [1.165, 1.54) is 0 Å². The fraction of sp³-hybridized carbons (Fsp3) is 0.316. The van der Waals surface area contributed by atoms with E-state index in [4.69, 9.17) is 28.4 Å². The van der Waals surface area contributed by atoms with E-state index in [0.29, 0.717) is 97.4 Å². The molecule has 46 heavy (non-hydrogen) atoms. The van der Waals surface area contributed by atoms with Crippen LogP contribution in [0.2, 0.25) is 0 Å². The van der Waals surface area contributed by atoms with Crippen LogP contribution in [-0.4, -0.2) is 40.0 Å². The molecule has 8 bridgehead atoms. The maximum Gasteiger partial charge on any atom is 0.169 e. The Morgan fingerprint density at radius 1 is 0.391 bits per heavy atom. The molecular formula is C38H40O8. The maximum absolute atomic E-state index is 12.9. The fourth-order valence-electron chi connectivity index (χ4n) is 5.44. The molecule has 0 N–H and O–H groups in total. The van der Waals surface area contributed by atoms with Gasteiger partial charge in [0.2, 0.25) is 0 Å². The normalized spacial score (nSPS) is 14.3. The summed E-state index contributed by atoms with van der Waals surface area (Å²) in [6.07, 6.45) is 3.90. The van der Waals surface area contributed by atoms with Crippen molar-refractivity contribution in [2.75, 3.05) is 28.4 Å². The molecule has 0 saturated heterocycles. The lowest BCUT2D eigenvalue weighted by molar-refractivity contribution is -0.119. The fourth-order valence-corrected chi connectivity index (χ4v) is 5.44. The zero-order chi connectivity index (χ0) is 32.5. The monoisotopic (exact) mass is 624 g/mol. The Kier molecular flexibility index (Phi) is 10.8. The quantitative estimate of drug-likeness (QED) is 0.227. The van der Waals surface area contributed by atoms with E-state index in [1.807, 2.05) is 72.8 Å². The Morgan fingerprint density at radius 3 is 1.07 bits per heavy atom. The standard InChI is InChI=1S/C38H40O8/c1-41-31-17-9-27-7-15-29(39)13-6-26-12-20-34(36(22-26)44-4)46-38-24-28(10-18-32(38)42-2)8-16-30(40)14-5-25-11-19-33(35(21-25)43-3)45-37(31)23-27/h9-12,17-24H,5-8,13-16H2,1-4H3. The summed E-state index contributed by atoms with van der Waals surface area (Å²) in [4.78, 5) is 25.8. The van der Waals surface area contributed by atoms with Crippen molar-refractivity contribution in [3.8, 4) is 46.0 Å². The van der Waals surface area contributed by atoms with Crippen LogP contribution in [-0.2, 0) is 35.3 Å². The van der Waals surface area contributed by atoms with Gasteiger partial charge in [0, 0.05) is 25.7 Å². The van der Waals surface area contributed by atoms with E-state index < -0.39 is 0 Å². The lowest BCUT2D eigenvalue weighted by Gasteiger charge is -2.16. The molecule has 0 saturated carbocycles. The summed E-state index contributed by atoms with van der Waals surface area (Å²) in [5.74, 6) is 4.73. The third-order valence-corrected chi connectivity index (χ3v) is 8.12. The molecule has 0 spiro atoms. The second-order valence-corrected chi connectivity index (χ2v) is 11.2. The minimum Gasteiger partial charge on any atom is -0.493 e. The number of carbonyl (C=O) groups is 2. The third-order valence-electron chi connectivity index (χ3n) is 8.12. The van der Waals surface area contributed by atoms with Gasteiger partial charge >= 0.3 is 0 Å². The highest BCUT2D eigenvalue weighted by molar-refractivity contribution is 5.79. The number of ether oxygens (including phenoxy) is 6. The van der Waals surface area contributed by atoms with Crippen LogP contribution in [0.5, 0.6) is 46.0 Å². The van der Waals surface area contributed by atoms with Crippen LogP contribution in [0.25, 0.3) is 0 Å². The molecular weight excluding hydrogens is 584 g/mol. The van der Waals surface area contributed by atoms with Crippen molar-refractivity contribution in [1.82, 2.24) is 0 Å². The average Bonchev–Trinajstić information content (AvgIpc) is 3.08. The highest BCUT2D eigenvalue weighted by Gasteiger charge is 2.16. The topological polar surface area (TPSA) is 89.5 Å². The summed E-state index contributed by atoms with van der Waals surface area (Å²) in [7, 11) is 6.36. The highest BCUT2D eigenvalue weighted by Crippen LogP contribution is 2.39. The molecule has 0 radical (unpaired) electrons. The number of aryl methyl sites for hydroxylation is 4. The molecule has 4 aromatic rings. The molecule has 0 aliphatic carbocycles. The van der Waals surface area contributed by atoms with Crippen LogP contribution < -0.4 is 28.4 Å². The second kappa shape index (κ2) is 15.3. The van der Waals surface area contributed by atoms with Gasteiger partial charge in [0.05, 0.1) is 28.4 Å². The summed E-state index contributed by atoms with van der Waals surface area (Å²) in [6, 6.07) is 22.7. The Bertz CT molecular complexity index is 1570. The van der Waals surface area contributed by atoms with Crippen molar-refractivity contribution in [1.29, 1.82) is 0 Å². The van der Waals surface area contributed by atoms with Crippen LogP contribution in [0.4, 0.5) is 0 Å². The number of benzene rings is 4. The number of hydrogen-bond donors (Lipinski definition) is 0. The van der Waals surface area contributed by atoms with Gasteiger partial charge in [-0.25, -0.2) is 0 Å². The first-order valence-corrected chi connectivity index (χ1v) is 15.5. The Balaban J connectivity index is 1.43. The van der Waals surface area contributed by atoms with Crippen molar-refractivity contribution < 1.29 is 38.0 Å². The summed E-state index contributed by atoms with van der Waals surface area (Å²) < 4.78 is 34.9. The molecule has 8 heteroatoms. The van der Waals surface area contributed by atoms with Gasteiger partial charge in [0.1, 0.15) is 11.6 Å². The van der Waals surface area contributed by atoms with Crippen LogP contribution in [0, 0.1) is 0 Å². The molecule has 0 fully saturated rings. The number of ketones is 2. The average molecular weight is 625 g/mol. The van der Waals surface area contributed by atoms with E-state index >= 15 is 0 Å². The SMILES string of the molecule is COc1cc2ccc1Oc1cc(ccc1OC)CCC(=O)CCc1ccc(c(OC)c1)Oc1cc(ccc1OC)CCC(=O)CC2. The lowest BCUT2D eigenvalue weighted by atomic mass is 10.0. The van der Waals surface area contributed by atoms with E-state index in [9.17, 15) is 9.59 Å². The molecule has 0 amide bonds. The number of hydrogen-bond acceptors (Lipinski definition) is 8. The van der Waals surface area contributed by atoms with Gasteiger partial charge in [-0.05, 0) is 96.5 Å². The summed E-state index contributed by atoms with van der Waals surface area (Å²) in [5.41, 5.74) is 3.86. The van der Waals surface area contributed by atoms with Crippen molar-refractivity contribution in [2.24, 2.45) is 0 Å². The number of methoxy groups -OCH3 is 4. The van der Waals surface area contributed by atoms with Gasteiger partial charge in [-0.1, -0.05) is 24.3 Å². The Labute approximate surface area is 270 Å². The molecule has 4 aromatic carbocycles. The number of carbonyl (C=O) groups excluding carboxylic acids is 2. The molecule has 8 rings (SSSR count). The summed E-state index contributed by atoms with van der Waals surface area (Å²) >= 11 is 0. The molecule has 4 aliphatic rings. The first-order chi connectivity index (χ1) is 22.4. The summed E-state index contributed by atoms with van der Waals surface area (Å²) in [6.45, 7) is 0. The lowest BCUT2D eigenvalue weighted by Crippen LogP contribution is -2.04. The van der Waals surface area contributed by atoms with Gasteiger partial charge < -0.3 is 28.4 Å². The van der Waals surface area contributed by atoms with E-state index in [1.54, 1.807) is 28.4 Å². The minimum absolute atomic E-state index is 0.163. The molecule has 0 aromatic heterocycles. The minimum atomic E-state index is 0.163. The van der Waals surface area contributed by atoms with Crippen LogP contribution in [0.15, 0.2) is 72.8 Å². The van der Waals surface area contributed by atoms with E-state index in [-0.39, 0.29) is 11.6 Å². The zero-order valence-corrected chi connectivity index (χ0v) is 26.9. The second-order valence-electron chi connectivity index (χ2n) is 11.2. The molecule has 0 unspecified atom stereocenters. The number of rotatable bonds is 4. The van der Waals surface area contributed by atoms with Gasteiger partial charge in [-0.15, -0.1) is 0 Å². The van der Waals surface area contributed by atoms with E-state index in [0.717, 1.165) is 22.3 Å². The predicted octanol–water partition coefficient (Wildman–Crippen LogP) is 7.89. The third kappa shape index (κ3) is 8.18. The van der Waals surface area contributed by atoms with Crippen molar-refractivity contribution in [2.45, 2.75) is 51.4 Å². The van der Waals surface area contributed by atoms with Gasteiger partial charge in [0.25, 0.3) is 0 Å². The van der Waals surface area contributed by atoms with Crippen LogP contribution >= 0.6 is 0 Å². The van der Waals surface area contributed by atoms with Crippen molar-refractivity contribution >= 4 is 11.6 Å². The molecule has 240 valence electrons. The largest absolute Gasteiger partial charge is 0.493 e. The van der Waals surface area contributed by atoms with Crippen LogP contribution in [0.3, 0.4) is 0 Å². The zero-order valence-electron chi connectivity index (χ0n) is 26.9. The first kappa shape index (κ1) is 32.4. The molecule has 8 nitrogen and oxygen atoms in total. The van der Waals surface area contributed by atoms with Gasteiger partial charge in [-0.3, -0.25) is 9.59 Å². The van der Waals surface area contributed by atoms with E-state index in [2.05, 4.69) is 0 Å². The molecule has 4 heterocycles. The smallest absolute Gasteiger partial charge is 0.169 e. The predicted molar refractivity (Wildman–Crippen MR) is 175 cm³/mol.